The van der Waals surface area contributed by atoms with Gasteiger partial charge in [-0.05, 0) is 18.6 Å². The number of para-hydroxylation sites is 1. The molecule has 6 heteroatoms. The second kappa shape index (κ2) is 6.74. The maximum Gasteiger partial charge on any atom is 0.254 e. The van der Waals surface area contributed by atoms with Gasteiger partial charge in [-0.15, -0.1) is 12.4 Å². The maximum atomic E-state index is 12.0. The van der Waals surface area contributed by atoms with Crippen LogP contribution in [0.25, 0.3) is 5.69 Å². The first-order valence-electron chi connectivity index (χ1n) is 6.83. The van der Waals surface area contributed by atoms with Crippen LogP contribution in [0.5, 0.6) is 0 Å². The molecule has 0 atom stereocenters. The van der Waals surface area contributed by atoms with E-state index >= 15 is 0 Å². The first-order chi connectivity index (χ1) is 9.74. The van der Waals surface area contributed by atoms with Crippen LogP contribution >= 0.6 is 12.4 Å². The summed E-state index contributed by atoms with van der Waals surface area (Å²) in [5.41, 5.74) is 2.72. The van der Waals surface area contributed by atoms with Gasteiger partial charge in [-0.25, -0.2) is 4.68 Å². The molecule has 1 aliphatic heterocycles. The largest absolute Gasteiger partial charge is 0.352 e. The Morgan fingerprint density at radius 3 is 2.86 bits per heavy atom. The average molecular weight is 307 g/mol. The number of aromatic nitrogens is 2. The van der Waals surface area contributed by atoms with Crippen molar-refractivity contribution in [1.29, 1.82) is 0 Å². The number of hydrogen-bond donors (Lipinski definition) is 2. The van der Waals surface area contributed by atoms with E-state index in [-0.39, 0.29) is 18.3 Å². The average Bonchev–Trinajstić information content (AvgIpc) is 2.87. The van der Waals surface area contributed by atoms with E-state index in [0.29, 0.717) is 11.5 Å². The molecule has 5 nitrogen and oxygen atoms in total. The van der Waals surface area contributed by atoms with Gasteiger partial charge in [0.05, 0.1) is 17.4 Å². The molecular weight excluding hydrogens is 288 g/mol. The summed E-state index contributed by atoms with van der Waals surface area (Å²) in [4.78, 5) is 12.0. The zero-order valence-corrected chi connectivity index (χ0v) is 12.7. The molecule has 2 aromatic rings. The molecule has 1 aromatic heterocycles. The monoisotopic (exact) mass is 306 g/mol. The van der Waals surface area contributed by atoms with Crippen LogP contribution in [0, 0.1) is 12.8 Å². The number of aryl methyl sites for hydroxylation is 1. The quantitative estimate of drug-likeness (QED) is 0.901. The minimum absolute atomic E-state index is 0. The summed E-state index contributed by atoms with van der Waals surface area (Å²) in [5.74, 6) is 0.502. The standard InChI is InChI=1S/C15H18N4O.ClH/c1-11-4-2-3-5-14(11)19-10-13(9-18-19)15(20)17-8-12-6-16-7-12;/h2-5,9-10,12,16H,6-8H2,1H3,(H,17,20);1H. The predicted molar refractivity (Wildman–Crippen MR) is 84.2 cm³/mol. The lowest BCUT2D eigenvalue weighted by molar-refractivity contribution is 0.0942. The maximum absolute atomic E-state index is 12.0. The molecule has 21 heavy (non-hydrogen) atoms. The number of nitrogens with zero attached hydrogens (tertiary/aromatic N) is 2. The van der Waals surface area contributed by atoms with Crippen molar-refractivity contribution in [3.05, 3.63) is 47.8 Å². The van der Waals surface area contributed by atoms with Gasteiger partial charge in [0, 0.05) is 31.7 Å². The van der Waals surface area contributed by atoms with Gasteiger partial charge in [0.15, 0.2) is 0 Å². The van der Waals surface area contributed by atoms with E-state index in [1.54, 1.807) is 17.1 Å². The van der Waals surface area contributed by atoms with Crippen LogP contribution in [0.4, 0.5) is 0 Å². The van der Waals surface area contributed by atoms with Crippen molar-refractivity contribution in [2.24, 2.45) is 5.92 Å². The Bertz CT molecular complexity index is 622. The molecule has 2 N–H and O–H groups in total. The van der Waals surface area contributed by atoms with Crippen molar-refractivity contribution in [2.75, 3.05) is 19.6 Å². The van der Waals surface area contributed by atoms with E-state index in [2.05, 4.69) is 15.7 Å². The van der Waals surface area contributed by atoms with E-state index in [1.807, 2.05) is 31.2 Å². The Hall–Kier alpha value is -1.85. The first kappa shape index (κ1) is 15.5. The van der Waals surface area contributed by atoms with Crippen LogP contribution in [0.1, 0.15) is 15.9 Å². The molecular formula is C15H19ClN4O. The van der Waals surface area contributed by atoms with E-state index in [4.69, 9.17) is 0 Å². The molecule has 0 bridgehead atoms. The first-order valence-corrected chi connectivity index (χ1v) is 6.83. The van der Waals surface area contributed by atoms with E-state index in [0.717, 1.165) is 30.9 Å². The highest BCUT2D eigenvalue weighted by atomic mass is 35.5. The molecule has 0 aliphatic carbocycles. The summed E-state index contributed by atoms with van der Waals surface area (Å²) in [6, 6.07) is 7.97. The number of halogens is 1. The highest BCUT2D eigenvalue weighted by Gasteiger charge is 2.18. The summed E-state index contributed by atoms with van der Waals surface area (Å²) in [6.07, 6.45) is 3.39. The summed E-state index contributed by atoms with van der Waals surface area (Å²) in [6.45, 7) is 4.73. The highest BCUT2D eigenvalue weighted by molar-refractivity contribution is 5.93. The third-order valence-corrected chi connectivity index (χ3v) is 3.62. The molecule has 3 rings (SSSR count). The molecule has 2 heterocycles. The Kier molecular flexibility index (Phi) is 4.98. The highest BCUT2D eigenvalue weighted by Crippen LogP contribution is 2.13. The molecule has 112 valence electrons. The zero-order valence-electron chi connectivity index (χ0n) is 11.9. The van der Waals surface area contributed by atoms with Crippen LogP contribution in [0.3, 0.4) is 0 Å². The second-order valence-corrected chi connectivity index (χ2v) is 5.19. The van der Waals surface area contributed by atoms with Crippen LogP contribution in [-0.4, -0.2) is 35.3 Å². The lowest BCUT2D eigenvalue weighted by Gasteiger charge is -2.26. The van der Waals surface area contributed by atoms with Crippen LogP contribution < -0.4 is 10.6 Å². The molecule has 1 fully saturated rings. The van der Waals surface area contributed by atoms with Crippen molar-refractivity contribution in [2.45, 2.75) is 6.92 Å². The number of rotatable bonds is 4. The Balaban J connectivity index is 0.00000161. The number of carbonyl (C=O) groups is 1. The van der Waals surface area contributed by atoms with Gasteiger partial charge in [0.2, 0.25) is 0 Å². The molecule has 1 saturated heterocycles. The zero-order chi connectivity index (χ0) is 13.9. The van der Waals surface area contributed by atoms with E-state index < -0.39 is 0 Å². The SMILES string of the molecule is Cc1ccccc1-n1cc(C(=O)NCC2CNC2)cn1.Cl. The van der Waals surface area contributed by atoms with Crippen molar-refractivity contribution >= 4 is 18.3 Å². The van der Waals surface area contributed by atoms with Crippen LogP contribution in [0.15, 0.2) is 36.7 Å². The lowest BCUT2D eigenvalue weighted by Crippen LogP contribution is -2.48. The van der Waals surface area contributed by atoms with Crippen LogP contribution in [-0.2, 0) is 0 Å². The molecule has 1 amide bonds. The van der Waals surface area contributed by atoms with Gasteiger partial charge in [0.25, 0.3) is 5.91 Å². The third-order valence-electron chi connectivity index (χ3n) is 3.62. The number of nitrogens with one attached hydrogen (secondary N) is 2. The Labute approximate surface area is 130 Å². The summed E-state index contributed by atoms with van der Waals surface area (Å²) >= 11 is 0. The molecule has 0 saturated carbocycles. The second-order valence-electron chi connectivity index (χ2n) is 5.19. The number of benzene rings is 1. The van der Waals surface area contributed by atoms with Crippen molar-refractivity contribution in [1.82, 2.24) is 20.4 Å². The molecule has 1 aliphatic rings. The van der Waals surface area contributed by atoms with E-state index in [9.17, 15) is 4.79 Å². The summed E-state index contributed by atoms with van der Waals surface area (Å²) in [7, 11) is 0. The smallest absolute Gasteiger partial charge is 0.254 e. The van der Waals surface area contributed by atoms with Gasteiger partial charge in [0.1, 0.15) is 0 Å². The minimum atomic E-state index is -0.0586. The topological polar surface area (TPSA) is 59.0 Å². The van der Waals surface area contributed by atoms with Crippen molar-refractivity contribution < 1.29 is 4.79 Å². The number of amides is 1. The molecule has 0 spiro atoms. The van der Waals surface area contributed by atoms with Gasteiger partial charge in [-0.3, -0.25) is 4.79 Å². The fraction of sp³-hybridized carbons (Fsp3) is 0.333. The predicted octanol–water partition coefficient (Wildman–Crippen LogP) is 1.55. The van der Waals surface area contributed by atoms with Crippen molar-refractivity contribution in [3.8, 4) is 5.69 Å². The van der Waals surface area contributed by atoms with Crippen LogP contribution in [0.2, 0.25) is 0 Å². The third kappa shape index (κ3) is 3.43. The minimum Gasteiger partial charge on any atom is -0.352 e. The summed E-state index contributed by atoms with van der Waals surface area (Å²) < 4.78 is 1.75. The molecule has 0 radical (unpaired) electrons. The summed E-state index contributed by atoms with van der Waals surface area (Å²) in [5, 5.41) is 10.4. The normalized spacial score (nSPS) is 14.1. The van der Waals surface area contributed by atoms with Gasteiger partial charge in [-0.2, -0.15) is 5.10 Å². The number of hydrogen-bond acceptors (Lipinski definition) is 3. The lowest BCUT2D eigenvalue weighted by atomic mass is 10.0. The molecule has 0 unspecified atom stereocenters. The fourth-order valence-electron chi connectivity index (χ4n) is 2.22. The van der Waals surface area contributed by atoms with Gasteiger partial charge in [-0.1, -0.05) is 18.2 Å². The molecule has 1 aromatic carbocycles. The Morgan fingerprint density at radius 1 is 1.43 bits per heavy atom. The van der Waals surface area contributed by atoms with E-state index in [1.165, 1.54) is 0 Å². The fourth-order valence-corrected chi connectivity index (χ4v) is 2.22. The van der Waals surface area contributed by atoms with Gasteiger partial charge >= 0.3 is 0 Å². The van der Waals surface area contributed by atoms with Crippen molar-refractivity contribution in [3.63, 3.8) is 0 Å². The number of carbonyl (C=O) groups excluding carboxylic acids is 1. The van der Waals surface area contributed by atoms with Gasteiger partial charge < -0.3 is 10.6 Å². The Morgan fingerprint density at radius 2 is 2.19 bits per heavy atom.